The molecule has 6 heteroatoms. The maximum absolute atomic E-state index is 10.5. The normalized spacial score (nSPS) is 9.89. The molecule has 0 aliphatic heterocycles. The van der Waals surface area contributed by atoms with Crippen LogP contribution < -0.4 is 0 Å². The summed E-state index contributed by atoms with van der Waals surface area (Å²) in [5.74, 6) is -2.24. The summed E-state index contributed by atoms with van der Waals surface area (Å²) < 4.78 is 0. The number of benzene rings is 1. The molecule has 0 saturated heterocycles. The molecule has 0 unspecified atom stereocenters. The first-order valence-corrected chi connectivity index (χ1v) is 8.82. The quantitative estimate of drug-likeness (QED) is 0.671. The van der Waals surface area contributed by atoms with Crippen LogP contribution in [0.3, 0.4) is 0 Å². The average Bonchev–Trinajstić information content (AvgIpc) is 2.69. The van der Waals surface area contributed by atoms with Gasteiger partial charge in [0.1, 0.15) is 0 Å². The lowest BCUT2D eigenvalue weighted by atomic mass is 10.1. The highest BCUT2D eigenvalue weighted by atomic mass is 16.4. The van der Waals surface area contributed by atoms with Crippen LogP contribution in [0.1, 0.15) is 43.8 Å². The zero-order valence-corrected chi connectivity index (χ0v) is 15.6. The summed E-state index contributed by atoms with van der Waals surface area (Å²) in [5.41, 5.74) is 3.34. The van der Waals surface area contributed by atoms with Crippen LogP contribution in [0.2, 0.25) is 0 Å². The fraction of sp³-hybridized carbons (Fsp3) is 0.182. The fourth-order valence-electron chi connectivity index (χ4n) is 2.63. The molecular formula is C22H22N2O4. The Labute approximate surface area is 163 Å². The summed E-state index contributed by atoms with van der Waals surface area (Å²) >= 11 is 0. The first-order chi connectivity index (χ1) is 13.5. The van der Waals surface area contributed by atoms with Gasteiger partial charge in [-0.25, -0.2) is 9.59 Å². The first-order valence-electron chi connectivity index (χ1n) is 8.82. The molecule has 2 aromatic heterocycles. The Balaban J connectivity index is 0.000000203. The van der Waals surface area contributed by atoms with E-state index in [1.807, 2.05) is 24.8 Å². The lowest BCUT2D eigenvalue weighted by Crippen LogP contribution is -2.02. The van der Waals surface area contributed by atoms with Crippen molar-refractivity contribution in [1.82, 2.24) is 9.97 Å². The maximum atomic E-state index is 10.5. The minimum absolute atomic E-state index is 0.00241. The molecule has 0 aliphatic carbocycles. The lowest BCUT2D eigenvalue weighted by Gasteiger charge is -2.01. The van der Waals surface area contributed by atoms with Gasteiger partial charge in [-0.3, -0.25) is 9.97 Å². The highest BCUT2D eigenvalue weighted by molar-refractivity contribution is 5.94. The molecule has 2 heterocycles. The zero-order valence-electron chi connectivity index (χ0n) is 15.6. The summed E-state index contributed by atoms with van der Waals surface area (Å²) in [7, 11) is 0. The van der Waals surface area contributed by atoms with Crippen LogP contribution in [0.15, 0.2) is 67.3 Å². The number of hydrogen-bond donors (Lipinski definition) is 2. The predicted molar refractivity (Wildman–Crippen MR) is 106 cm³/mol. The van der Waals surface area contributed by atoms with E-state index in [1.54, 1.807) is 6.92 Å². The van der Waals surface area contributed by atoms with Gasteiger partial charge in [-0.1, -0.05) is 0 Å². The van der Waals surface area contributed by atoms with Crippen LogP contribution in [0, 0.1) is 6.92 Å². The SMILES string of the molecule is Cc1cc(C(=O)O)cc(C(=O)O)c1.c1cc(CCCc2ccncc2)ccn1. The van der Waals surface area contributed by atoms with Crippen molar-refractivity contribution in [2.45, 2.75) is 26.2 Å². The molecule has 0 fully saturated rings. The van der Waals surface area contributed by atoms with Crippen LogP contribution in [0.5, 0.6) is 0 Å². The highest BCUT2D eigenvalue weighted by Crippen LogP contribution is 2.09. The number of pyridine rings is 2. The number of rotatable bonds is 6. The van der Waals surface area contributed by atoms with Gasteiger partial charge in [-0.15, -0.1) is 0 Å². The summed E-state index contributed by atoms with van der Waals surface area (Å²) in [6, 6.07) is 12.3. The molecule has 2 N–H and O–H groups in total. The Morgan fingerprint density at radius 1 is 0.750 bits per heavy atom. The molecular weight excluding hydrogens is 356 g/mol. The Bertz CT molecular complexity index is 841. The average molecular weight is 378 g/mol. The van der Waals surface area contributed by atoms with Gasteiger partial charge in [0.05, 0.1) is 11.1 Å². The van der Waals surface area contributed by atoms with Gasteiger partial charge in [0.25, 0.3) is 0 Å². The Morgan fingerprint density at radius 2 is 1.14 bits per heavy atom. The first kappa shape index (κ1) is 20.8. The number of carboxylic acid groups (broad SMARTS) is 2. The zero-order chi connectivity index (χ0) is 20.4. The molecule has 0 saturated carbocycles. The molecule has 144 valence electrons. The van der Waals surface area contributed by atoms with E-state index < -0.39 is 11.9 Å². The third kappa shape index (κ3) is 6.99. The van der Waals surface area contributed by atoms with Crippen molar-refractivity contribution >= 4 is 11.9 Å². The molecule has 0 aliphatic rings. The second-order valence-electron chi connectivity index (χ2n) is 6.26. The smallest absolute Gasteiger partial charge is 0.335 e. The van der Waals surface area contributed by atoms with E-state index in [-0.39, 0.29) is 11.1 Å². The van der Waals surface area contributed by atoms with Crippen molar-refractivity contribution < 1.29 is 19.8 Å². The highest BCUT2D eigenvalue weighted by Gasteiger charge is 2.09. The van der Waals surface area contributed by atoms with E-state index >= 15 is 0 Å². The molecule has 3 aromatic rings. The van der Waals surface area contributed by atoms with Gasteiger partial charge in [0.15, 0.2) is 0 Å². The van der Waals surface area contributed by atoms with Crippen LogP contribution >= 0.6 is 0 Å². The largest absolute Gasteiger partial charge is 0.478 e. The van der Waals surface area contributed by atoms with Crippen molar-refractivity contribution in [3.8, 4) is 0 Å². The Hall–Kier alpha value is -3.54. The Morgan fingerprint density at radius 3 is 1.50 bits per heavy atom. The van der Waals surface area contributed by atoms with E-state index in [4.69, 9.17) is 10.2 Å². The van der Waals surface area contributed by atoms with E-state index in [9.17, 15) is 9.59 Å². The number of aryl methyl sites for hydroxylation is 3. The summed E-state index contributed by atoms with van der Waals surface area (Å²) in [6.45, 7) is 1.65. The molecule has 0 radical (unpaired) electrons. The fourth-order valence-corrected chi connectivity index (χ4v) is 2.63. The van der Waals surface area contributed by atoms with Gasteiger partial charge < -0.3 is 10.2 Å². The van der Waals surface area contributed by atoms with Crippen LogP contribution in [-0.2, 0) is 12.8 Å². The van der Waals surface area contributed by atoms with Crippen molar-refractivity contribution in [3.05, 3.63) is 95.1 Å². The minimum Gasteiger partial charge on any atom is -0.478 e. The summed E-state index contributed by atoms with van der Waals surface area (Å²) in [5, 5.41) is 17.2. The van der Waals surface area contributed by atoms with E-state index in [0.717, 1.165) is 18.9 Å². The maximum Gasteiger partial charge on any atom is 0.335 e. The monoisotopic (exact) mass is 378 g/mol. The van der Waals surface area contributed by atoms with Gasteiger partial charge >= 0.3 is 11.9 Å². The summed E-state index contributed by atoms with van der Waals surface area (Å²) in [4.78, 5) is 29.1. The summed E-state index contributed by atoms with van der Waals surface area (Å²) in [6.07, 6.45) is 10.8. The number of nitrogens with zero attached hydrogens (tertiary/aromatic N) is 2. The number of carbonyl (C=O) groups is 2. The predicted octanol–water partition coefficient (Wildman–Crippen LogP) is 4.04. The second-order valence-corrected chi connectivity index (χ2v) is 6.26. The van der Waals surface area contributed by atoms with E-state index in [0.29, 0.717) is 5.56 Å². The third-order valence-corrected chi connectivity index (χ3v) is 4.00. The van der Waals surface area contributed by atoms with Crippen LogP contribution in [0.25, 0.3) is 0 Å². The van der Waals surface area contributed by atoms with Crippen molar-refractivity contribution in [3.63, 3.8) is 0 Å². The second kappa shape index (κ2) is 10.6. The van der Waals surface area contributed by atoms with Gasteiger partial charge in [-0.05, 0) is 85.3 Å². The standard InChI is InChI=1S/C13H14N2.C9H8O4/c1(2-12-4-8-14-9-5-12)3-13-6-10-15-11-7-13;1-5-2-6(8(10)11)4-7(3-5)9(12)13/h4-11H,1-3H2;2-4H,1H3,(H,10,11)(H,12,13). The Kier molecular flexibility index (Phi) is 7.84. The number of hydrogen-bond acceptors (Lipinski definition) is 4. The molecule has 28 heavy (non-hydrogen) atoms. The van der Waals surface area contributed by atoms with Gasteiger partial charge in [0.2, 0.25) is 0 Å². The van der Waals surface area contributed by atoms with Crippen molar-refractivity contribution in [2.75, 3.05) is 0 Å². The molecule has 3 rings (SSSR count). The molecule has 6 nitrogen and oxygen atoms in total. The van der Waals surface area contributed by atoms with E-state index in [2.05, 4.69) is 34.2 Å². The number of aromatic nitrogens is 2. The van der Waals surface area contributed by atoms with Crippen LogP contribution in [0.4, 0.5) is 0 Å². The van der Waals surface area contributed by atoms with Crippen molar-refractivity contribution in [1.29, 1.82) is 0 Å². The molecule has 1 aromatic carbocycles. The lowest BCUT2D eigenvalue weighted by molar-refractivity contribution is 0.0696. The van der Waals surface area contributed by atoms with Crippen molar-refractivity contribution in [2.24, 2.45) is 0 Å². The van der Waals surface area contributed by atoms with Gasteiger partial charge in [0, 0.05) is 24.8 Å². The van der Waals surface area contributed by atoms with Gasteiger partial charge in [-0.2, -0.15) is 0 Å². The molecule has 0 spiro atoms. The number of carboxylic acids is 2. The minimum atomic E-state index is -1.12. The molecule has 0 atom stereocenters. The molecule has 0 amide bonds. The molecule has 0 bridgehead atoms. The van der Waals surface area contributed by atoms with E-state index in [1.165, 1.54) is 29.7 Å². The van der Waals surface area contributed by atoms with Crippen LogP contribution in [-0.4, -0.2) is 32.1 Å². The topological polar surface area (TPSA) is 100 Å². The number of aromatic carboxylic acids is 2. The third-order valence-electron chi connectivity index (χ3n) is 4.00.